The average molecular weight is 292 g/mol. The van der Waals surface area contributed by atoms with Crippen LogP contribution in [0.25, 0.3) is 0 Å². The molecule has 1 aliphatic rings. The third-order valence-electron chi connectivity index (χ3n) is 3.64. The van der Waals surface area contributed by atoms with Crippen LogP contribution in [0.3, 0.4) is 0 Å². The maximum Gasteiger partial charge on any atom is 0.258 e. The molecule has 116 valence electrons. The van der Waals surface area contributed by atoms with Crippen molar-refractivity contribution in [1.29, 1.82) is 0 Å². The molecular weight excluding hydrogens is 268 g/mol. The standard InChI is InChI=1S/C16H24N2O3/c1-2-20-14-7-9-15(10-8-14)21-11-16(19)18-13-5-3-12(17)4-6-13/h7-10,12-13H,2-6,11,17H2,1H3,(H,18,19). The normalized spacial score (nSPS) is 21.6. The molecule has 0 aliphatic heterocycles. The molecule has 1 fully saturated rings. The van der Waals surface area contributed by atoms with E-state index in [-0.39, 0.29) is 18.6 Å². The van der Waals surface area contributed by atoms with Crippen LogP contribution < -0.4 is 20.5 Å². The second kappa shape index (κ2) is 7.88. The molecule has 0 aromatic heterocycles. The molecule has 1 aliphatic carbocycles. The Hall–Kier alpha value is -1.75. The first kappa shape index (κ1) is 15.6. The lowest BCUT2D eigenvalue weighted by Crippen LogP contribution is -2.42. The Morgan fingerprint density at radius 2 is 1.71 bits per heavy atom. The van der Waals surface area contributed by atoms with Gasteiger partial charge in [0.05, 0.1) is 6.61 Å². The molecule has 0 heterocycles. The largest absolute Gasteiger partial charge is 0.494 e. The first-order valence-electron chi connectivity index (χ1n) is 7.58. The number of nitrogens with two attached hydrogens (primary N) is 1. The summed E-state index contributed by atoms with van der Waals surface area (Å²) in [4.78, 5) is 11.8. The Morgan fingerprint density at radius 3 is 2.29 bits per heavy atom. The SMILES string of the molecule is CCOc1ccc(OCC(=O)NC2CCC(N)CC2)cc1. The molecule has 2 rings (SSSR count). The van der Waals surface area contributed by atoms with Crippen LogP contribution in [0.2, 0.25) is 0 Å². The van der Waals surface area contributed by atoms with Gasteiger partial charge >= 0.3 is 0 Å². The van der Waals surface area contributed by atoms with Crippen molar-refractivity contribution in [3.05, 3.63) is 24.3 Å². The molecule has 1 saturated carbocycles. The zero-order valence-electron chi connectivity index (χ0n) is 12.5. The topological polar surface area (TPSA) is 73.6 Å². The van der Waals surface area contributed by atoms with Crippen LogP contribution in [0.4, 0.5) is 0 Å². The van der Waals surface area contributed by atoms with E-state index in [0.29, 0.717) is 18.4 Å². The monoisotopic (exact) mass is 292 g/mol. The van der Waals surface area contributed by atoms with Crippen LogP contribution >= 0.6 is 0 Å². The van der Waals surface area contributed by atoms with Crippen molar-refractivity contribution in [3.63, 3.8) is 0 Å². The Labute approximate surface area is 125 Å². The van der Waals surface area contributed by atoms with Crippen LogP contribution in [0.1, 0.15) is 32.6 Å². The molecule has 1 amide bonds. The Morgan fingerprint density at radius 1 is 1.14 bits per heavy atom. The van der Waals surface area contributed by atoms with Gasteiger partial charge in [0.2, 0.25) is 0 Å². The van der Waals surface area contributed by atoms with Crippen molar-refractivity contribution in [2.75, 3.05) is 13.2 Å². The molecule has 0 bridgehead atoms. The van der Waals surface area contributed by atoms with E-state index in [1.54, 1.807) is 12.1 Å². The zero-order valence-corrected chi connectivity index (χ0v) is 12.5. The molecule has 1 aromatic carbocycles. The zero-order chi connectivity index (χ0) is 15.1. The van der Waals surface area contributed by atoms with Gasteiger partial charge in [-0.3, -0.25) is 4.79 Å². The van der Waals surface area contributed by atoms with Crippen molar-refractivity contribution in [3.8, 4) is 11.5 Å². The molecule has 0 atom stereocenters. The predicted octanol–water partition coefficient (Wildman–Crippen LogP) is 1.85. The fourth-order valence-corrected chi connectivity index (χ4v) is 2.48. The van der Waals surface area contributed by atoms with Gasteiger partial charge in [0.1, 0.15) is 11.5 Å². The van der Waals surface area contributed by atoms with E-state index in [1.165, 1.54) is 0 Å². The van der Waals surface area contributed by atoms with Gasteiger partial charge in [0.25, 0.3) is 5.91 Å². The predicted molar refractivity (Wildman–Crippen MR) is 81.5 cm³/mol. The first-order valence-corrected chi connectivity index (χ1v) is 7.58. The summed E-state index contributed by atoms with van der Waals surface area (Å²) in [6, 6.07) is 7.80. The van der Waals surface area contributed by atoms with Gasteiger partial charge < -0.3 is 20.5 Å². The van der Waals surface area contributed by atoms with Crippen molar-refractivity contribution in [1.82, 2.24) is 5.32 Å². The van der Waals surface area contributed by atoms with Crippen LogP contribution in [0, 0.1) is 0 Å². The lowest BCUT2D eigenvalue weighted by atomic mass is 9.92. The summed E-state index contributed by atoms with van der Waals surface area (Å²) in [7, 11) is 0. The van der Waals surface area contributed by atoms with Gasteiger partial charge in [-0.2, -0.15) is 0 Å². The summed E-state index contributed by atoms with van der Waals surface area (Å²) in [6.45, 7) is 2.61. The number of benzene rings is 1. The molecule has 21 heavy (non-hydrogen) atoms. The minimum absolute atomic E-state index is 0.0382. The third-order valence-corrected chi connectivity index (χ3v) is 3.64. The Balaban J connectivity index is 1.71. The van der Waals surface area contributed by atoms with Gasteiger partial charge in [0, 0.05) is 12.1 Å². The first-order chi connectivity index (χ1) is 10.2. The maximum absolute atomic E-state index is 11.8. The smallest absolute Gasteiger partial charge is 0.258 e. The number of ether oxygens (including phenoxy) is 2. The highest BCUT2D eigenvalue weighted by Crippen LogP contribution is 2.18. The van der Waals surface area contributed by atoms with Crippen molar-refractivity contribution in [2.45, 2.75) is 44.7 Å². The summed E-state index contributed by atoms with van der Waals surface area (Å²) >= 11 is 0. The molecule has 0 saturated heterocycles. The number of rotatable bonds is 6. The van der Waals surface area contributed by atoms with Gasteiger partial charge in [-0.25, -0.2) is 0 Å². The summed E-state index contributed by atoms with van der Waals surface area (Å²) in [5.74, 6) is 1.39. The van der Waals surface area contributed by atoms with E-state index >= 15 is 0 Å². The number of carbonyl (C=O) groups is 1. The molecule has 3 N–H and O–H groups in total. The molecule has 0 spiro atoms. The summed E-state index contributed by atoms with van der Waals surface area (Å²) in [5.41, 5.74) is 5.85. The van der Waals surface area contributed by atoms with E-state index in [1.807, 2.05) is 19.1 Å². The number of nitrogens with one attached hydrogen (secondary N) is 1. The molecular formula is C16H24N2O3. The minimum atomic E-state index is -0.0793. The highest BCUT2D eigenvalue weighted by molar-refractivity contribution is 5.77. The molecule has 0 unspecified atom stereocenters. The summed E-state index contributed by atoms with van der Waals surface area (Å²) in [6.07, 6.45) is 3.86. The average Bonchev–Trinajstić information content (AvgIpc) is 2.49. The van der Waals surface area contributed by atoms with Crippen LogP contribution in [-0.4, -0.2) is 31.2 Å². The van der Waals surface area contributed by atoms with Gasteiger partial charge in [0.15, 0.2) is 6.61 Å². The minimum Gasteiger partial charge on any atom is -0.494 e. The van der Waals surface area contributed by atoms with E-state index in [4.69, 9.17) is 15.2 Å². The maximum atomic E-state index is 11.8. The molecule has 5 heteroatoms. The van der Waals surface area contributed by atoms with Crippen LogP contribution in [0.5, 0.6) is 11.5 Å². The van der Waals surface area contributed by atoms with Crippen molar-refractivity contribution in [2.24, 2.45) is 5.73 Å². The molecule has 5 nitrogen and oxygen atoms in total. The fourth-order valence-electron chi connectivity index (χ4n) is 2.48. The Kier molecular flexibility index (Phi) is 5.87. The van der Waals surface area contributed by atoms with Crippen LogP contribution in [-0.2, 0) is 4.79 Å². The number of carbonyl (C=O) groups excluding carboxylic acids is 1. The van der Waals surface area contributed by atoms with Gasteiger partial charge in [-0.15, -0.1) is 0 Å². The third kappa shape index (κ3) is 5.27. The van der Waals surface area contributed by atoms with Crippen molar-refractivity contribution >= 4 is 5.91 Å². The highest BCUT2D eigenvalue weighted by Gasteiger charge is 2.19. The summed E-state index contributed by atoms with van der Waals surface area (Å²) < 4.78 is 10.8. The van der Waals surface area contributed by atoms with Gasteiger partial charge in [-0.1, -0.05) is 0 Å². The molecule has 1 aromatic rings. The van der Waals surface area contributed by atoms with E-state index in [9.17, 15) is 4.79 Å². The molecule has 0 radical (unpaired) electrons. The second-order valence-corrected chi connectivity index (χ2v) is 5.37. The van der Waals surface area contributed by atoms with E-state index in [2.05, 4.69) is 5.32 Å². The van der Waals surface area contributed by atoms with Crippen LogP contribution in [0.15, 0.2) is 24.3 Å². The Bertz CT molecular complexity index is 439. The fraction of sp³-hybridized carbons (Fsp3) is 0.562. The second-order valence-electron chi connectivity index (χ2n) is 5.37. The van der Waals surface area contributed by atoms with Gasteiger partial charge in [-0.05, 0) is 56.9 Å². The number of hydrogen-bond acceptors (Lipinski definition) is 4. The quantitative estimate of drug-likeness (QED) is 0.839. The van der Waals surface area contributed by atoms with E-state index in [0.717, 1.165) is 31.4 Å². The lowest BCUT2D eigenvalue weighted by molar-refractivity contribution is -0.124. The number of amides is 1. The van der Waals surface area contributed by atoms with Crippen molar-refractivity contribution < 1.29 is 14.3 Å². The summed E-state index contributed by atoms with van der Waals surface area (Å²) in [5, 5.41) is 3.00. The highest BCUT2D eigenvalue weighted by atomic mass is 16.5. The number of hydrogen-bond donors (Lipinski definition) is 2. The lowest BCUT2D eigenvalue weighted by Gasteiger charge is -2.26. The van der Waals surface area contributed by atoms with E-state index < -0.39 is 0 Å².